The van der Waals surface area contributed by atoms with Crippen molar-refractivity contribution in [2.45, 2.75) is 13.0 Å². The normalized spacial score (nSPS) is 12.7. The highest BCUT2D eigenvalue weighted by atomic mass is 19.1. The molecule has 0 bridgehead atoms. The standard InChI is InChI=1S/C15H15FN4/c1-2-18-15(11-7-12(16)9-17-8-11)13-10-19-20-6-4-3-5-14(13)20/h3-10,15,18H,2H2,1H3. The molecule has 0 aliphatic rings. The second kappa shape index (κ2) is 5.38. The number of halogens is 1. The Bertz CT molecular complexity index is 722. The molecule has 3 heterocycles. The van der Waals surface area contributed by atoms with E-state index in [1.807, 2.05) is 42.0 Å². The molecule has 0 amide bonds. The number of hydrogen-bond donors (Lipinski definition) is 1. The summed E-state index contributed by atoms with van der Waals surface area (Å²) >= 11 is 0. The van der Waals surface area contributed by atoms with Gasteiger partial charge in [0.2, 0.25) is 0 Å². The molecule has 4 nitrogen and oxygen atoms in total. The minimum Gasteiger partial charge on any atom is -0.306 e. The van der Waals surface area contributed by atoms with Crippen LogP contribution in [0.15, 0.2) is 49.1 Å². The van der Waals surface area contributed by atoms with E-state index in [9.17, 15) is 4.39 Å². The number of aromatic nitrogens is 3. The van der Waals surface area contributed by atoms with E-state index >= 15 is 0 Å². The molecule has 0 aliphatic carbocycles. The summed E-state index contributed by atoms with van der Waals surface area (Å²) in [6.07, 6.45) is 6.60. The maximum Gasteiger partial charge on any atom is 0.141 e. The second-order valence-electron chi connectivity index (χ2n) is 4.56. The molecule has 0 spiro atoms. The first-order valence-corrected chi connectivity index (χ1v) is 6.55. The average Bonchev–Trinajstić information content (AvgIpc) is 2.88. The van der Waals surface area contributed by atoms with Crippen molar-refractivity contribution < 1.29 is 4.39 Å². The molecule has 1 unspecified atom stereocenters. The van der Waals surface area contributed by atoms with E-state index in [4.69, 9.17) is 0 Å². The largest absolute Gasteiger partial charge is 0.306 e. The molecule has 3 aromatic heterocycles. The van der Waals surface area contributed by atoms with Gasteiger partial charge in [-0.25, -0.2) is 8.91 Å². The lowest BCUT2D eigenvalue weighted by atomic mass is 10.0. The van der Waals surface area contributed by atoms with Crippen LogP contribution < -0.4 is 5.32 Å². The molecule has 3 rings (SSSR count). The van der Waals surface area contributed by atoms with Crippen molar-refractivity contribution in [1.29, 1.82) is 0 Å². The lowest BCUT2D eigenvalue weighted by molar-refractivity contribution is 0.597. The molecule has 1 atom stereocenters. The summed E-state index contributed by atoms with van der Waals surface area (Å²) in [5, 5.41) is 7.69. The number of nitrogens with one attached hydrogen (secondary N) is 1. The Labute approximate surface area is 116 Å². The zero-order chi connectivity index (χ0) is 13.9. The van der Waals surface area contributed by atoms with E-state index in [1.54, 1.807) is 6.20 Å². The molecule has 1 N–H and O–H groups in total. The van der Waals surface area contributed by atoms with Crippen molar-refractivity contribution in [3.63, 3.8) is 0 Å². The van der Waals surface area contributed by atoms with E-state index in [1.165, 1.54) is 12.3 Å². The summed E-state index contributed by atoms with van der Waals surface area (Å²) in [4.78, 5) is 3.94. The maximum absolute atomic E-state index is 13.4. The van der Waals surface area contributed by atoms with Crippen molar-refractivity contribution in [3.05, 3.63) is 66.0 Å². The fourth-order valence-corrected chi connectivity index (χ4v) is 2.37. The monoisotopic (exact) mass is 270 g/mol. The molecule has 3 aromatic rings. The number of pyridine rings is 2. The molecule has 0 saturated heterocycles. The van der Waals surface area contributed by atoms with Crippen LogP contribution in [0.2, 0.25) is 0 Å². The molecule has 0 aromatic carbocycles. The molecule has 0 aliphatic heterocycles. The number of nitrogens with zero attached hydrogens (tertiary/aromatic N) is 3. The van der Waals surface area contributed by atoms with Gasteiger partial charge in [-0.15, -0.1) is 0 Å². The van der Waals surface area contributed by atoms with E-state index in [2.05, 4.69) is 15.4 Å². The van der Waals surface area contributed by atoms with Crippen LogP contribution in [0.1, 0.15) is 24.1 Å². The number of rotatable bonds is 4. The van der Waals surface area contributed by atoms with Gasteiger partial charge < -0.3 is 5.32 Å². The van der Waals surface area contributed by atoms with Gasteiger partial charge in [-0.1, -0.05) is 13.0 Å². The molecule has 5 heteroatoms. The van der Waals surface area contributed by atoms with Crippen molar-refractivity contribution in [2.24, 2.45) is 0 Å². The summed E-state index contributed by atoms with van der Waals surface area (Å²) < 4.78 is 15.2. The quantitative estimate of drug-likeness (QED) is 0.792. The second-order valence-corrected chi connectivity index (χ2v) is 4.56. The van der Waals surface area contributed by atoms with Crippen LogP contribution in [0.5, 0.6) is 0 Å². The van der Waals surface area contributed by atoms with Crippen LogP contribution in [0.4, 0.5) is 4.39 Å². The maximum atomic E-state index is 13.4. The van der Waals surface area contributed by atoms with Gasteiger partial charge in [0.05, 0.1) is 24.0 Å². The molecule has 0 radical (unpaired) electrons. The molecule has 102 valence electrons. The van der Waals surface area contributed by atoms with Crippen LogP contribution >= 0.6 is 0 Å². The highest BCUT2D eigenvalue weighted by Gasteiger charge is 2.18. The van der Waals surface area contributed by atoms with Gasteiger partial charge in [-0.3, -0.25) is 4.98 Å². The number of hydrogen-bond acceptors (Lipinski definition) is 3. The Morgan fingerprint density at radius 2 is 2.20 bits per heavy atom. The van der Waals surface area contributed by atoms with Gasteiger partial charge in [-0.2, -0.15) is 5.10 Å². The Kier molecular flexibility index (Phi) is 3.43. The summed E-state index contributed by atoms with van der Waals surface area (Å²) in [6, 6.07) is 7.28. The van der Waals surface area contributed by atoms with Crippen LogP contribution in [0.3, 0.4) is 0 Å². The molecular weight excluding hydrogens is 255 g/mol. The van der Waals surface area contributed by atoms with Crippen LogP contribution in [-0.2, 0) is 0 Å². The smallest absolute Gasteiger partial charge is 0.141 e. The third-order valence-corrected chi connectivity index (χ3v) is 3.23. The van der Waals surface area contributed by atoms with E-state index < -0.39 is 0 Å². The Morgan fingerprint density at radius 3 is 3.00 bits per heavy atom. The Hall–Kier alpha value is -2.27. The average molecular weight is 270 g/mol. The van der Waals surface area contributed by atoms with Crippen molar-refractivity contribution in [3.8, 4) is 0 Å². The van der Waals surface area contributed by atoms with Crippen molar-refractivity contribution >= 4 is 5.52 Å². The van der Waals surface area contributed by atoms with E-state index in [0.29, 0.717) is 0 Å². The van der Waals surface area contributed by atoms with Gasteiger partial charge in [0.15, 0.2) is 0 Å². The molecular formula is C15H15FN4. The predicted octanol–water partition coefficient (Wildman–Crippen LogP) is 2.57. The minimum atomic E-state index is -0.332. The zero-order valence-electron chi connectivity index (χ0n) is 11.1. The third-order valence-electron chi connectivity index (χ3n) is 3.23. The molecule has 0 fully saturated rings. The first-order valence-electron chi connectivity index (χ1n) is 6.55. The molecule has 0 saturated carbocycles. The van der Waals surface area contributed by atoms with Gasteiger partial charge >= 0.3 is 0 Å². The van der Waals surface area contributed by atoms with Gasteiger partial charge in [0.1, 0.15) is 5.82 Å². The Morgan fingerprint density at radius 1 is 1.30 bits per heavy atom. The lowest BCUT2D eigenvalue weighted by Crippen LogP contribution is -2.22. The minimum absolute atomic E-state index is 0.122. The Balaban J connectivity index is 2.11. The topological polar surface area (TPSA) is 42.2 Å². The fraction of sp³-hybridized carbons (Fsp3) is 0.200. The van der Waals surface area contributed by atoms with Crippen LogP contribution in [0, 0.1) is 5.82 Å². The highest BCUT2D eigenvalue weighted by Crippen LogP contribution is 2.25. The van der Waals surface area contributed by atoms with Gasteiger partial charge in [0.25, 0.3) is 0 Å². The highest BCUT2D eigenvalue weighted by molar-refractivity contribution is 5.56. The van der Waals surface area contributed by atoms with Crippen LogP contribution in [0.25, 0.3) is 5.52 Å². The summed E-state index contributed by atoms with van der Waals surface area (Å²) in [5.74, 6) is -0.332. The first-order chi connectivity index (χ1) is 9.79. The summed E-state index contributed by atoms with van der Waals surface area (Å²) in [7, 11) is 0. The first kappa shape index (κ1) is 12.7. The third kappa shape index (κ3) is 2.28. The summed E-state index contributed by atoms with van der Waals surface area (Å²) in [5.41, 5.74) is 2.81. The van der Waals surface area contributed by atoms with Gasteiger partial charge in [-0.05, 0) is 30.3 Å². The summed E-state index contributed by atoms with van der Waals surface area (Å²) in [6.45, 7) is 2.79. The lowest BCUT2D eigenvalue weighted by Gasteiger charge is -2.17. The predicted molar refractivity (Wildman–Crippen MR) is 74.9 cm³/mol. The number of fused-ring (bicyclic) bond motifs is 1. The van der Waals surface area contributed by atoms with E-state index in [-0.39, 0.29) is 11.9 Å². The fourth-order valence-electron chi connectivity index (χ4n) is 2.37. The molecule has 20 heavy (non-hydrogen) atoms. The SMILES string of the molecule is CCNC(c1cncc(F)c1)c1cnn2ccccc12. The van der Waals surface area contributed by atoms with Crippen LogP contribution in [-0.4, -0.2) is 21.1 Å². The van der Waals surface area contributed by atoms with Crippen molar-refractivity contribution in [1.82, 2.24) is 19.9 Å². The van der Waals surface area contributed by atoms with Crippen molar-refractivity contribution in [2.75, 3.05) is 6.54 Å². The van der Waals surface area contributed by atoms with E-state index in [0.717, 1.165) is 23.2 Å². The zero-order valence-corrected chi connectivity index (χ0v) is 11.1. The van der Waals surface area contributed by atoms with Gasteiger partial charge in [0, 0.05) is 18.0 Å².